The van der Waals surface area contributed by atoms with Gasteiger partial charge in [-0.2, -0.15) is 0 Å². The van der Waals surface area contributed by atoms with E-state index in [4.69, 9.17) is 9.47 Å². The Labute approximate surface area is 215 Å². The van der Waals surface area contributed by atoms with Crippen molar-refractivity contribution in [3.05, 3.63) is 11.6 Å². The molecule has 0 saturated heterocycles. The zero-order valence-corrected chi connectivity index (χ0v) is 24.3. The van der Waals surface area contributed by atoms with Crippen LogP contribution in [0.1, 0.15) is 106 Å². The molecule has 0 spiro atoms. The van der Waals surface area contributed by atoms with Gasteiger partial charge in [0.05, 0.1) is 18.8 Å². The summed E-state index contributed by atoms with van der Waals surface area (Å²) in [7, 11) is 3.80. The lowest BCUT2D eigenvalue weighted by molar-refractivity contribution is -0.223. The van der Waals surface area contributed by atoms with Crippen LogP contribution in [0.25, 0.3) is 0 Å². The van der Waals surface area contributed by atoms with Crippen LogP contribution in [0.5, 0.6) is 0 Å². The van der Waals surface area contributed by atoms with Crippen LogP contribution in [0.15, 0.2) is 11.6 Å². The molecule has 10 atom stereocenters. The summed E-state index contributed by atoms with van der Waals surface area (Å²) in [6.07, 6.45) is 14.3. The minimum absolute atomic E-state index is 0.141. The molecule has 0 aliphatic heterocycles. The topological polar surface area (TPSA) is 38.7 Å². The summed E-state index contributed by atoms with van der Waals surface area (Å²) < 4.78 is 12.2. The van der Waals surface area contributed by atoms with Crippen LogP contribution in [0.2, 0.25) is 0 Å². The maximum atomic E-state index is 10.7. The van der Waals surface area contributed by atoms with Crippen molar-refractivity contribution in [2.75, 3.05) is 20.8 Å². The first-order valence-corrected chi connectivity index (χ1v) is 14.6. The van der Waals surface area contributed by atoms with Gasteiger partial charge in [0.2, 0.25) is 0 Å². The monoisotopic (exact) mass is 486 g/mol. The predicted molar refractivity (Wildman–Crippen MR) is 143 cm³/mol. The summed E-state index contributed by atoms with van der Waals surface area (Å²) in [5.41, 5.74) is 3.05. The van der Waals surface area contributed by atoms with E-state index in [0.29, 0.717) is 34.7 Å². The Morgan fingerprint density at radius 3 is 2.11 bits per heavy atom. The molecule has 3 heteroatoms. The lowest BCUT2D eigenvalue weighted by atomic mass is 9.33. The van der Waals surface area contributed by atoms with Crippen molar-refractivity contribution >= 4 is 0 Å². The average molecular weight is 487 g/mol. The highest BCUT2D eigenvalue weighted by Crippen LogP contribution is 2.75. The van der Waals surface area contributed by atoms with Gasteiger partial charge in [0, 0.05) is 25.0 Å². The van der Waals surface area contributed by atoms with Gasteiger partial charge < -0.3 is 14.6 Å². The lowest BCUT2D eigenvalue weighted by Crippen LogP contribution is -2.66. The zero-order valence-electron chi connectivity index (χ0n) is 24.3. The van der Waals surface area contributed by atoms with Crippen LogP contribution in [-0.4, -0.2) is 38.1 Å². The number of methoxy groups -OCH3 is 2. The van der Waals surface area contributed by atoms with Crippen LogP contribution in [0, 0.1) is 50.2 Å². The van der Waals surface area contributed by atoms with E-state index in [1.807, 2.05) is 14.2 Å². The molecule has 0 amide bonds. The molecule has 0 radical (unpaired) electrons. The molecular formula is C32H54O3. The van der Waals surface area contributed by atoms with Crippen molar-refractivity contribution in [3.8, 4) is 0 Å². The molecule has 0 aromatic heterocycles. The lowest BCUT2D eigenvalue weighted by Gasteiger charge is -2.72. The van der Waals surface area contributed by atoms with Gasteiger partial charge in [0.25, 0.3) is 0 Å². The van der Waals surface area contributed by atoms with Gasteiger partial charge in [0.1, 0.15) is 0 Å². The Kier molecular flexibility index (Phi) is 6.04. The number of fused-ring (bicyclic) bond motifs is 7. The van der Waals surface area contributed by atoms with Crippen molar-refractivity contribution in [1.29, 1.82) is 0 Å². The van der Waals surface area contributed by atoms with E-state index in [0.717, 1.165) is 6.42 Å². The van der Waals surface area contributed by atoms with Crippen molar-refractivity contribution in [2.45, 2.75) is 118 Å². The summed E-state index contributed by atoms with van der Waals surface area (Å²) in [5, 5.41) is 10.7. The summed E-state index contributed by atoms with van der Waals surface area (Å²) >= 11 is 0. The van der Waals surface area contributed by atoms with E-state index in [1.54, 1.807) is 5.57 Å². The van der Waals surface area contributed by atoms with Crippen LogP contribution in [-0.2, 0) is 9.47 Å². The number of aliphatic hydroxyl groups is 1. The van der Waals surface area contributed by atoms with E-state index in [1.165, 1.54) is 51.4 Å². The quantitative estimate of drug-likeness (QED) is 0.422. The fraction of sp³-hybridized carbons (Fsp3) is 0.938. The van der Waals surface area contributed by atoms with E-state index in [-0.39, 0.29) is 34.4 Å². The molecule has 0 bridgehead atoms. The van der Waals surface area contributed by atoms with E-state index >= 15 is 0 Å². The van der Waals surface area contributed by atoms with Gasteiger partial charge in [-0.05, 0) is 97.2 Å². The molecular weight excluding hydrogens is 432 g/mol. The van der Waals surface area contributed by atoms with Gasteiger partial charge in [-0.25, -0.2) is 0 Å². The summed E-state index contributed by atoms with van der Waals surface area (Å²) in [6, 6.07) is 0. The third kappa shape index (κ3) is 3.26. The van der Waals surface area contributed by atoms with Gasteiger partial charge in [0.15, 0.2) is 0 Å². The van der Waals surface area contributed by atoms with Gasteiger partial charge in [-0.1, -0.05) is 60.1 Å². The number of hydrogen-bond acceptors (Lipinski definition) is 3. The maximum Gasteiger partial charge on any atom is 0.0649 e. The van der Waals surface area contributed by atoms with Gasteiger partial charge in [-0.15, -0.1) is 0 Å². The molecule has 4 saturated carbocycles. The van der Waals surface area contributed by atoms with E-state index < -0.39 is 0 Å². The summed E-state index contributed by atoms with van der Waals surface area (Å²) in [6.45, 7) is 18.0. The molecule has 5 aliphatic rings. The van der Waals surface area contributed by atoms with Crippen LogP contribution >= 0.6 is 0 Å². The number of rotatable bonds is 3. The fourth-order valence-corrected chi connectivity index (χ4v) is 11.4. The standard InChI is InChI=1S/C32H54O3/c1-27(2)18-22-21-10-11-24-29(4)14-13-25(34-8)30(5,20-33)23(29)12-15-32(24,7)31(21,6)17-16-28(22,3)26(19-27)35-9/h10,22-26,33H,11-20H2,1-9H3. The highest BCUT2D eigenvalue weighted by molar-refractivity contribution is 5.34. The molecule has 1 N–H and O–H groups in total. The number of ether oxygens (including phenoxy) is 2. The van der Waals surface area contributed by atoms with Crippen LogP contribution in [0.4, 0.5) is 0 Å². The predicted octanol–water partition coefficient (Wildman–Crippen LogP) is 7.42. The number of allylic oxidation sites excluding steroid dienone is 2. The fourth-order valence-electron chi connectivity index (χ4n) is 11.4. The van der Waals surface area contributed by atoms with Crippen molar-refractivity contribution in [1.82, 2.24) is 0 Å². The molecule has 0 aromatic rings. The van der Waals surface area contributed by atoms with Crippen molar-refractivity contribution < 1.29 is 14.6 Å². The first-order chi connectivity index (χ1) is 16.3. The maximum absolute atomic E-state index is 10.7. The normalized spacial score (nSPS) is 55.1. The molecule has 3 nitrogen and oxygen atoms in total. The Morgan fingerprint density at radius 1 is 0.800 bits per heavy atom. The van der Waals surface area contributed by atoms with E-state index in [2.05, 4.69) is 54.5 Å². The first kappa shape index (κ1) is 26.2. The number of hydrogen-bond donors (Lipinski definition) is 1. The third-order valence-electron chi connectivity index (χ3n) is 13.7. The highest BCUT2D eigenvalue weighted by atomic mass is 16.5. The Morgan fingerprint density at radius 2 is 1.49 bits per heavy atom. The van der Waals surface area contributed by atoms with Crippen LogP contribution in [0.3, 0.4) is 0 Å². The highest BCUT2D eigenvalue weighted by Gasteiger charge is 2.69. The van der Waals surface area contributed by atoms with Crippen molar-refractivity contribution in [2.24, 2.45) is 50.2 Å². The molecule has 4 fully saturated rings. The Bertz CT molecular complexity index is 878. The summed E-state index contributed by atoms with van der Waals surface area (Å²) in [4.78, 5) is 0. The smallest absolute Gasteiger partial charge is 0.0649 e. The second kappa shape index (κ2) is 8.06. The second-order valence-electron chi connectivity index (χ2n) is 15.6. The molecule has 200 valence electrons. The average Bonchev–Trinajstić information content (AvgIpc) is 2.80. The Balaban J connectivity index is 1.57. The van der Waals surface area contributed by atoms with Crippen LogP contribution < -0.4 is 0 Å². The minimum atomic E-state index is -0.141. The van der Waals surface area contributed by atoms with Gasteiger partial charge in [-0.3, -0.25) is 0 Å². The third-order valence-corrected chi connectivity index (χ3v) is 13.7. The molecule has 35 heavy (non-hydrogen) atoms. The molecule has 0 heterocycles. The SMILES string of the molecule is COC1CC(C)(C)CC2C3=CCC4C5(C)CCC(OC)C(C)(CO)C5CCC4(C)C3(C)CCC12C. The van der Waals surface area contributed by atoms with Gasteiger partial charge >= 0.3 is 0 Å². The number of aliphatic hydroxyl groups excluding tert-OH is 1. The van der Waals surface area contributed by atoms with Crippen molar-refractivity contribution in [3.63, 3.8) is 0 Å². The minimum Gasteiger partial charge on any atom is -0.396 e. The summed E-state index contributed by atoms with van der Waals surface area (Å²) in [5.74, 6) is 1.83. The van der Waals surface area contributed by atoms with E-state index in [9.17, 15) is 5.11 Å². The zero-order chi connectivity index (χ0) is 25.7. The largest absolute Gasteiger partial charge is 0.396 e. The molecule has 5 aliphatic carbocycles. The second-order valence-corrected chi connectivity index (χ2v) is 15.6. The molecule has 5 rings (SSSR count). The molecule has 0 aromatic carbocycles. The Hall–Kier alpha value is -0.380. The molecule has 10 unspecified atom stereocenters. The first-order valence-electron chi connectivity index (χ1n) is 14.6.